The van der Waals surface area contributed by atoms with Crippen molar-refractivity contribution in [3.05, 3.63) is 33.6 Å². The Kier molecular flexibility index (Phi) is 1.92. The van der Waals surface area contributed by atoms with Crippen LogP contribution in [0, 0.1) is 0 Å². The first-order valence-electron chi connectivity index (χ1n) is 3.77. The highest BCUT2D eigenvalue weighted by atomic mass is 16.1. The number of aliphatic imine (C=N–C) groups is 1. The maximum Gasteiger partial charge on any atom is 0.179 e. The molecule has 0 spiro atoms. The van der Waals surface area contributed by atoms with Crippen molar-refractivity contribution in [2.45, 2.75) is 6.42 Å². The number of hydrogen-bond donors (Lipinski definition) is 0. The molecule has 0 radical (unpaired) electrons. The Morgan fingerprint density at radius 2 is 2.50 bits per heavy atom. The van der Waals surface area contributed by atoms with Crippen LogP contribution in [0.25, 0.3) is 10.4 Å². The first kappa shape index (κ1) is 8.33. The molecule has 0 bridgehead atoms. The van der Waals surface area contributed by atoms with Crippen molar-refractivity contribution in [2.75, 3.05) is 0 Å². The molecule has 0 amide bonds. The summed E-state index contributed by atoms with van der Waals surface area (Å²) in [4.78, 5) is 17.1. The van der Waals surface area contributed by atoms with E-state index in [1.807, 2.05) is 0 Å². The van der Waals surface area contributed by atoms with E-state index in [9.17, 15) is 4.79 Å². The predicted octanol–water partition coefficient (Wildman–Crippen LogP) is 1.86. The van der Waals surface area contributed by atoms with Crippen molar-refractivity contribution < 1.29 is 4.79 Å². The standard InChI is InChI=1S/C7H4N6O/c8-13-12-7-5(3-14)1-4-2-9-11-6(4)10-7/h2-3H,1H2. The van der Waals surface area contributed by atoms with Gasteiger partial charge in [-0.3, -0.25) is 4.79 Å². The van der Waals surface area contributed by atoms with Crippen LogP contribution < -0.4 is 0 Å². The van der Waals surface area contributed by atoms with Crippen LogP contribution in [-0.4, -0.2) is 12.1 Å². The summed E-state index contributed by atoms with van der Waals surface area (Å²) in [6.07, 6.45) is 2.53. The molecular formula is C7H4N6O. The van der Waals surface area contributed by atoms with Crippen LogP contribution in [0.5, 0.6) is 0 Å². The van der Waals surface area contributed by atoms with E-state index in [1.54, 1.807) is 0 Å². The molecule has 0 unspecified atom stereocenters. The topological polar surface area (TPSA) is 103 Å². The van der Waals surface area contributed by atoms with Crippen molar-refractivity contribution in [3.63, 3.8) is 0 Å². The molecule has 0 aromatic carbocycles. The molecule has 68 valence electrons. The average Bonchev–Trinajstić information content (AvgIpc) is 2.64. The van der Waals surface area contributed by atoms with Crippen molar-refractivity contribution >= 4 is 12.1 Å². The second-order valence-electron chi connectivity index (χ2n) is 2.64. The molecule has 0 N–H and O–H groups in total. The first-order chi connectivity index (χ1) is 6.85. The summed E-state index contributed by atoms with van der Waals surface area (Å²) in [5.41, 5.74) is 9.36. The Morgan fingerprint density at radius 1 is 1.64 bits per heavy atom. The highest BCUT2D eigenvalue weighted by molar-refractivity contribution is 6.03. The number of azide groups is 1. The number of carbonyl (C=O) groups excluding carboxylic acids is 1. The van der Waals surface area contributed by atoms with Crippen LogP contribution in [0.1, 0.15) is 6.42 Å². The summed E-state index contributed by atoms with van der Waals surface area (Å²) in [5.74, 6) is 0.494. The first-order valence-corrected chi connectivity index (χ1v) is 3.77. The maximum absolute atomic E-state index is 10.6. The van der Waals surface area contributed by atoms with Gasteiger partial charge in [0.05, 0.1) is 6.20 Å². The van der Waals surface area contributed by atoms with E-state index in [-0.39, 0.29) is 5.82 Å². The van der Waals surface area contributed by atoms with Crippen molar-refractivity contribution in [1.29, 1.82) is 0 Å². The van der Waals surface area contributed by atoms with E-state index in [1.165, 1.54) is 6.20 Å². The number of fused-ring (bicyclic) bond motifs is 1. The predicted molar refractivity (Wildman–Crippen MR) is 47.2 cm³/mol. The number of azo groups is 1. The van der Waals surface area contributed by atoms with Crippen LogP contribution in [-0.2, 0) is 4.79 Å². The monoisotopic (exact) mass is 188 g/mol. The van der Waals surface area contributed by atoms with Gasteiger partial charge in [-0.15, -0.1) is 5.11 Å². The summed E-state index contributed by atoms with van der Waals surface area (Å²) < 4.78 is 0. The van der Waals surface area contributed by atoms with Gasteiger partial charge in [-0.2, -0.15) is 5.11 Å². The number of amidine groups is 1. The minimum absolute atomic E-state index is 0.0792. The average molecular weight is 188 g/mol. The minimum atomic E-state index is 0.0792. The Labute approximate surface area is 78.2 Å². The van der Waals surface area contributed by atoms with Crippen molar-refractivity contribution in [1.82, 2.24) is 0 Å². The lowest BCUT2D eigenvalue weighted by Crippen LogP contribution is -2.06. The van der Waals surface area contributed by atoms with Crippen LogP contribution in [0.3, 0.4) is 0 Å². The van der Waals surface area contributed by atoms with Gasteiger partial charge in [-0.25, -0.2) is 4.99 Å². The van der Waals surface area contributed by atoms with Crippen molar-refractivity contribution in [3.8, 4) is 0 Å². The van der Waals surface area contributed by atoms with Crippen LogP contribution >= 0.6 is 0 Å². The van der Waals surface area contributed by atoms with Crippen molar-refractivity contribution in [2.24, 2.45) is 20.3 Å². The fourth-order valence-corrected chi connectivity index (χ4v) is 1.17. The van der Waals surface area contributed by atoms with Gasteiger partial charge < -0.3 is 0 Å². The smallest absolute Gasteiger partial charge is 0.179 e. The Balaban J connectivity index is 2.49. The molecule has 0 fully saturated rings. The Hall–Kier alpha value is -2.27. The normalized spacial score (nSPS) is 18.3. The SMILES string of the molecule is [N-]=[N+]=NC1=C(C=O)CC2=CN=NC2=N1. The van der Waals surface area contributed by atoms with Gasteiger partial charge in [0.2, 0.25) is 0 Å². The summed E-state index contributed by atoms with van der Waals surface area (Å²) in [7, 11) is 0. The lowest BCUT2D eigenvalue weighted by atomic mass is 10.0. The molecule has 2 aliphatic heterocycles. The number of hydrogen-bond acceptors (Lipinski definition) is 5. The minimum Gasteiger partial charge on any atom is -0.298 e. The molecule has 0 aromatic heterocycles. The number of rotatable bonds is 2. The van der Waals surface area contributed by atoms with Gasteiger partial charge in [0.25, 0.3) is 0 Å². The van der Waals surface area contributed by atoms with E-state index in [4.69, 9.17) is 5.53 Å². The molecule has 7 heteroatoms. The highest BCUT2D eigenvalue weighted by Gasteiger charge is 2.20. The zero-order valence-electron chi connectivity index (χ0n) is 6.95. The van der Waals surface area contributed by atoms with E-state index in [0.29, 0.717) is 24.1 Å². The summed E-state index contributed by atoms with van der Waals surface area (Å²) >= 11 is 0. The quantitative estimate of drug-likeness (QED) is 0.280. The second-order valence-corrected chi connectivity index (χ2v) is 2.64. The Morgan fingerprint density at radius 3 is 3.21 bits per heavy atom. The third kappa shape index (κ3) is 1.21. The molecule has 7 nitrogen and oxygen atoms in total. The third-order valence-corrected chi connectivity index (χ3v) is 1.81. The molecule has 14 heavy (non-hydrogen) atoms. The molecule has 0 aliphatic carbocycles. The van der Waals surface area contributed by atoms with Gasteiger partial charge in [-0.05, 0) is 10.6 Å². The number of allylic oxidation sites excluding steroid dienone is 1. The summed E-state index contributed by atoms with van der Waals surface area (Å²) in [6, 6.07) is 0. The summed E-state index contributed by atoms with van der Waals surface area (Å²) in [6.45, 7) is 0. The van der Waals surface area contributed by atoms with Crippen LogP contribution in [0.15, 0.2) is 43.5 Å². The fourth-order valence-electron chi connectivity index (χ4n) is 1.17. The van der Waals surface area contributed by atoms with Crippen LogP contribution in [0.2, 0.25) is 0 Å². The summed E-state index contributed by atoms with van der Waals surface area (Å²) in [5, 5.41) is 10.7. The highest BCUT2D eigenvalue weighted by Crippen LogP contribution is 2.26. The zero-order chi connectivity index (χ0) is 9.97. The van der Waals surface area contributed by atoms with Gasteiger partial charge >= 0.3 is 0 Å². The lowest BCUT2D eigenvalue weighted by Gasteiger charge is -2.09. The van der Waals surface area contributed by atoms with Gasteiger partial charge in [-0.1, -0.05) is 0 Å². The number of aldehydes is 1. The van der Waals surface area contributed by atoms with E-state index in [2.05, 4.69) is 25.2 Å². The molecule has 0 atom stereocenters. The maximum atomic E-state index is 10.6. The molecule has 0 aromatic rings. The molecule has 2 heterocycles. The van der Waals surface area contributed by atoms with E-state index in [0.717, 1.165) is 5.57 Å². The van der Waals surface area contributed by atoms with E-state index < -0.39 is 0 Å². The molecule has 2 rings (SSSR count). The number of nitrogens with zero attached hydrogens (tertiary/aromatic N) is 6. The Bertz CT molecular complexity index is 463. The fraction of sp³-hybridized carbons (Fsp3) is 0.143. The van der Waals surface area contributed by atoms with Gasteiger partial charge in [0.15, 0.2) is 5.84 Å². The lowest BCUT2D eigenvalue weighted by molar-refractivity contribution is -0.105. The molecule has 2 aliphatic rings. The number of carbonyl (C=O) groups is 1. The second kappa shape index (κ2) is 3.23. The molecule has 0 saturated heterocycles. The zero-order valence-corrected chi connectivity index (χ0v) is 6.95. The van der Waals surface area contributed by atoms with Crippen LogP contribution in [0.4, 0.5) is 0 Å². The molecular weight excluding hydrogens is 184 g/mol. The largest absolute Gasteiger partial charge is 0.298 e. The van der Waals surface area contributed by atoms with E-state index >= 15 is 0 Å². The van der Waals surface area contributed by atoms with Gasteiger partial charge in [0.1, 0.15) is 12.1 Å². The third-order valence-electron chi connectivity index (χ3n) is 1.81. The molecule has 0 saturated carbocycles. The van der Waals surface area contributed by atoms with Gasteiger partial charge in [0, 0.05) is 22.5 Å².